The quantitative estimate of drug-likeness (QED) is 0.922. The first-order chi connectivity index (χ1) is 10.1. The number of ether oxygens (including phenoxy) is 1. The van der Waals surface area contributed by atoms with Crippen LogP contribution in [-0.2, 0) is 6.42 Å². The van der Waals surface area contributed by atoms with E-state index in [0.29, 0.717) is 5.92 Å². The van der Waals surface area contributed by atoms with Gasteiger partial charge in [-0.2, -0.15) is 0 Å². The zero-order valence-electron chi connectivity index (χ0n) is 12.6. The molecule has 2 aromatic rings. The Hall–Kier alpha value is -1.80. The van der Waals surface area contributed by atoms with Gasteiger partial charge in [-0.15, -0.1) is 0 Å². The monoisotopic (exact) mass is 279 g/mol. The van der Waals surface area contributed by atoms with Crippen LogP contribution >= 0.6 is 0 Å². The first-order valence-corrected chi connectivity index (χ1v) is 7.74. The van der Waals surface area contributed by atoms with Crippen LogP contribution in [0.15, 0.2) is 48.5 Å². The molecule has 1 aliphatic carbocycles. The summed E-state index contributed by atoms with van der Waals surface area (Å²) < 4.78 is 6.10. The molecule has 2 atom stereocenters. The van der Waals surface area contributed by atoms with E-state index in [1.165, 1.54) is 23.1 Å². The number of benzene rings is 2. The van der Waals surface area contributed by atoms with Crippen molar-refractivity contribution in [2.75, 3.05) is 6.54 Å². The van der Waals surface area contributed by atoms with E-state index >= 15 is 0 Å². The summed E-state index contributed by atoms with van der Waals surface area (Å²) in [6.45, 7) is 5.35. The van der Waals surface area contributed by atoms with Gasteiger partial charge in [0.05, 0.1) is 6.04 Å². The first kappa shape index (κ1) is 12.9. The Morgan fingerprint density at radius 3 is 2.57 bits per heavy atom. The van der Waals surface area contributed by atoms with Crippen molar-refractivity contribution in [2.45, 2.75) is 37.8 Å². The summed E-state index contributed by atoms with van der Waals surface area (Å²) in [7, 11) is 0. The van der Waals surface area contributed by atoms with E-state index in [2.05, 4.69) is 61.6 Å². The topological polar surface area (TPSA) is 21.3 Å². The standard InChI is InChI=1S/C19H21NO/c1-19(2)18(16-9-5-6-10-17(16)21-19)20-12-14-11-13-7-3-4-8-15(13)14/h3-10,14,18,20H,11-12H2,1-2H3. The summed E-state index contributed by atoms with van der Waals surface area (Å²) in [4.78, 5) is 0. The fourth-order valence-corrected chi connectivity index (χ4v) is 3.69. The molecule has 2 aliphatic rings. The fraction of sp³-hybridized carbons (Fsp3) is 0.368. The summed E-state index contributed by atoms with van der Waals surface area (Å²) >= 11 is 0. The molecule has 0 radical (unpaired) electrons. The second-order valence-corrected chi connectivity index (χ2v) is 6.68. The summed E-state index contributed by atoms with van der Waals surface area (Å²) in [5.74, 6) is 1.67. The van der Waals surface area contributed by atoms with Crippen LogP contribution in [0.5, 0.6) is 5.75 Å². The minimum atomic E-state index is -0.188. The number of hydrogen-bond donors (Lipinski definition) is 1. The number of hydrogen-bond acceptors (Lipinski definition) is 2. The van der Waals surface area contributed by atoms with Crippen molar-refractivity contribution in [3.05, 3.63) is 65.2 Å². The van der Waals surface area contributed by atoms with Crippen LogP contribution < -0.4 is 10.1 Å². The lowest BCUT2D eigenvalue weighted by molar-refractivity contribution is 0.0955. The number of fused-ring (bicyclic) bond motifs is 2. The molecule has 0 fully saturated rings. The third kappa shape index (κ3) is 2.06. The Balaban J connectivity index is 1.50. The van der Waals surface area contributed by atoms with Gasteiger partial charge >= 0.3 is 0 Å². The maximum absolute atomic E-state index is 6.10. The van der Waals surface area contributed by atoms with E-state index in [0.717, 1.165) is 12.3 Å². The highest BCUT2D eigenvalue weighted by atomic mass is 16.5. The molecule has 0 bridgehead atoms. The van der Waals surface area contributed by atoms with Crippen LogP contribution in [0.2, 0.25) is 0 Å². The molecule has 21 heavy (non-hydrogen) atoms. The second kappa shape index (κ2) is 4.60. The fourth-order valence-electron chi connectivity index (χ4n) is 3.69. The molecule has 108 valence electrons. The first-order valence-electron chi connectivity index (χ1n) is 7.74. The number of nitrogens with one attached hydrogen (secondary N) is 1. The zero-order valence-corrected chi connectivity index (χ0v) is 12.6. The molecule has 1 N–H and O–H groups in total. The summed E-state index contributed by atoms with van der Waals surface area (Å²) in [6.07, 6.45) is 1.19. The normalized spacial score (nSPS) is 24.7. The Labute approximate surface area is 126 Å². The Morgan fingerprint density at radius 1 is 1.05 bits per heavy atom. The minimum Gasteiger partial charge on any atom is -0.486 e. The SMILES string of the molecule is CC1(C)Oc2ccccc2C1NCC1Cc2ccccc21. The van der Waals surface area contributed by atoms with Gasteiger partial charge in [0.1, 0.15) is 11.4 Å². The van der Waals surface area contributed by atoms with E-state index in [1.807, 2.05) is 6.07 Å². The molecule has 2 heteroatoms. The molecule has 2 unspecified atom stereocenters. The van der Waals surface area contributed by atoms with Gasteiger partial charge in [-0.25, -0.2) is 0 Å². The van der Waals surface area contributed by atoms with E-state index in [9.17, 15) is 0 Å². The molecular formula is C19H21NO. The van der Waals surface area contributed by atoms with E-state index in [-0.39, 0.29) is 11.6 Å². The number of para-hydroxylation sites is 1. The van der Waals surface area contributed by atoms with Gasteiger partial charge in [-0.3, -0.25) is 0 Å². The lowest BCUT2D eigenvalue weighted by atomic mass is 9.77. The smallest absolute Gasteiger partial charge is 0.125 e. The molecule has 0 aromatic heterocycles. The van der Waals surface area contributed by atoms with Crippen LogP contribution in [0.3, 0.4) is 0 Å². The Morgan fingerprint density at radius 2 is 1.76 bits per heavy atom. The van der Waals surface area contributed by atoms with Gasteiger partial charge in [0.15, 0.2) is 0 Å². The van der Waals surface area contributed by atoms with Crippen molar-refractivity contribution in [3.63, 3.8) is 0 Å². The molecular weight excluding hydrogens is 258 g/mol. The average Bonchev–Trinajstić information content (AvgIpc) is 2.70. The Kier molecular flexibility index (Phi) is 2.83. The van der Waals surface area contributed by atoms with Crippen molar-refractivity contribution in [2.24, 2.45) is 0 Å². The molecule has 1 aliphatic heterocycles. The second-order valence-electron chi connectivity index (χ2n) is 6.68. The van der Waals surface area contributed by atoms with Gasteiger partial charge in [0, 0.05) is 18.0 Å². The molecule has 0 saturated heterocycles. The van der Waals surface area contributed by atoms with Crippen molar-refractivity contribution in [1.82, 2.24) is 5.32 Å². The molecule has 0 spiro atoms. The van der Waals surface area contributed by atoms with Crippen LogP contribution in [0, 0.1) is 0 Å². The lowest BCUT2D eigenvalue weighted by Gasteiger charge is -2.34. The number of rotatable bonds is 3. The van der Waals surface area contributed by atoms with Crippen LogP contribution in [0.1, 0.15) is 42.5 Å². The zero-order chi connectivity index (χ0) is 14.4. The van der Waals surface area contributed by atoms with Crippen LogP contribution in [0.4, 0.5) is 0 Å². The van der Waals surface area contributed by atoms with E-state index < -0.39 is 0 Å². The van der Waals surface area contributed by atoms with Crippen molar-refractivity contribution in [1.29, 1.82) is 0 Å². The largest absolute Gasteiger partial charge is 0.486 e. The van der Waals surface area contributed by atoms with Gasteiger partial charge in [0.2, 0.25) is 0 Å². The molecule has 1 heterocycles. The van der Waals surface area contributed by atoms with Gasteiger partial charge < -0.3 is 10.1 Å². The van der Waals surface area contributed by atoms with Crippen LogP contribution in [0.25, 0.3) is 0 Å². The molecule has 2 aromatic carbocycles. The van der Waals surface area contributed by atoms with Gasteiger partial charge in [-0.1, -0.05) is 42.5 Å². The summed E-state index contributed by atoms with van der Waals surface area (Å²) in [6, 6.07) is 17.4. The third-order valence-corrected chi connectivity index (χ3v) is 4.83. The summed E-state index contributed by atoms with van der Waals surface area (Å²) in [5, 5.41) is 3.75. The molecule has 0 amide bonds. The van der Waals surface area contributed by atoms with Gasteiger partial charge in [0.25, 0.3) is 0 Å². The third-order valence-electron chi connectivity index (χ3n) is 4.83. The highest BCUT2D eigenvalue weighted by Crippen LogP contribution is 2.43. The van der Waals surface area contributed by atoms with Gasteiger partial charge in [-0.05, 0) is 37.5 Å². The average molecular weight is 279 g/mol. The van der Waals surface area contributed by atoms with E-state index in [1.54, 1.807) is 0 Å². The van der Waals surface area contributed by atoms with Crippen molar-refractivity contribution in [3.8, 4) is 5.75 Å². The van der Waals surface area contributed by atoms with Crippen LogP contribution in [-0.4, -0.2) is 12.1 Å². The summed E-state index contributed by atoms with van der Waals surface area (Å²) in [5.41, 5.74) is 4.11. The highest BCUT2D eigenvalue weighted by Gasteiger charge is 2.41. The van der Waals surface area contributed by atoms with Crippen molar-refractivity contribution >= 4 is 0 Å². The predicted octanol–water partition coefficient (Wildman–Crippen LogP) is 3.83. The highest BCUT2D eigenvalue weighted by molar-refractivity contribution is 5.43. The van der Waals surface area contributed by atoms with Crippen molar-refractivity contribution < 1.29 is 4.74 Å². The molecule has 2 nitrogen and oxygen atoms in total. The molecule has 0 saturated carbocycles. The Bertz CT molecular complexity index is 677. The predicted molar refractivity (Wildman–Crippen MR) is 84.8 cm³/mol. The maximum atomic E-state index is 6.10. The maximum Gasteiger partial charge on any atom is 0.125 e. The van der Waals surface area contributed by atoms with E-state index in [4.69, 9.17) is 4.74 Å². The molecule has 4 rings (SSSR count). The lowest BCUT2D eigenvalue weighted by Crippen LogP contribution is -2.41. The minimum absolute atomic E-state index is 0.188.